The van der Waals surface area contributed by atoms with E-state index in [9.17, 15) is 9.59 Å². The van der Waals surface area contributed by atoms with Crippen molar-refractivity contribution in [2.75, 3.05) is 6.54 Å². The van der Waals surface area contributed by atoms with Gasteiger partial charge in [-0.05, 0) is 50.9 Å². The Morgan fingerprint density at radius 1 is 1.30 bits per heavy atom. The lowest BCUT2D eigenvalue weighted by Crippen LogP contribution is -2.36. The molecule has 0 N–H and O–H groups in total. The highest BCUT2D eigenvalue weighted by atomic mass is 35.5. The smallest absolute Gasteiger partial charge is 0.326 e. The third-order valence-electron chi connectivity index (χ3n) is 4.17. The van der Waals surface area contributed by atoms with Crippen LogP contribution in [0.3, 0.4) is 0 Å². The van der Waals surface area contributed by atoms with Gasteiger partial charge in [-0.15, -0.1) is 0 Å². The molecule has 8 heteroatoms. The van der Waals surface area contributed by atoms with Crippen molar-refractivity contribution in [1.82, 2.24) is 14.9 Å². The van der Waals surface area contributed by atoms with Gasteiger partial charge in [0, 0.05) is 11.1 Å². The van der Waals surface area contributed by atoms with Crippen LogP contribution < -0.4 is 0 Å². The molecule has 1 amide bonds. The van der Waals surface area contributed by atoms with Crippen LogP contribution in [-0.2, 0) is 9.53 Å². The van der Waals surface area contributed by atoms with Gasteiger partial charge in [0.1, 0.15) is 12.1 Å². The molecule has 1 aromatic carbocycles. The molecule has 3 rings (SSSR count). The molecule has 1 aliphatic rings. The molecule has 1 unspecified atom stereocenters. The molecule has 0 saturated heterocycles. The minimum absolute atomic E-state index is 0.0705. The number of hydrogen-bond donors (Lipinski definition) is 0. The molecule has 2 heterocycles. The maximum absolute atomic E-state index is 12.9. The maximum atomic E-state index is 12.9. The molecule has 1 aromatic heterocycles. The van der Waals surface area contributed by atoms with E-state index in [2.05, 4.69) is 9.97 Å². The SMILES string of the molecule is CC1c2ccc(-c3nc(Cl)ncc3Cl)cc2C(=O)N1CC(=O)OC(C)(C)C. The first-order valence-electron chi connectivity index (χ1n) is 8.42. The van der Waals surface area contributed by atoms with Crippen LogP contribution in [0, 0.1) is 0 Å². The third-order valence-corrected chi connectivity index (χ3v) is 4.63. The van der Waals surface area contributed by atoms with Crippen molar-refractivity contribution in [3.05, 3.63) is 45.8 Å². The molecule has 0 radical (unpaired) electrons. The zero-order valence-corrected chi connectivity index (χ0v) is 16.9. The number of rotatable bonds is 3. The summed E-state index contributed by atoms with van der Waals surface area (Å²) in [5.74, 6) is -0.678. The second-order valence-corrected chi connectivity index (χ2v) is 8.08. The summed E-state index contributed by atoms with van der Waals surface area (Å²) in [5.41, 5.74) is 1.85. The van der Waals surface area contributed by atoms with Crippen molar-refractivity contribution in [3.8, 4) is 11.3 Å². The second kappa shape index (κ2) is 7.09. The van der Waals surface area contributed by atoms with Crippen molar-refractivity contribution < 1.29 is 14.3 Å². The third kappa shape index (κ3) is 4.06. The Balaban J connectivity index is 1.90. The molecular formula is C19H19Cl2N3O3. The van der Waals surface area contributed by atoms with Gasteiger partial charge in [-0.3, -0.25) is 9.59 Å². The summed E-state index contributed by atoms with van der Waals surface area (Å²) in [7, 11) is 0. The van der Waals surface area contributed by atoms with E-state index in [0.29, 0.717) is 21.8 Å². The monoisotopic (exact) mass is 407 g/mol. The predicted octanol–water partition coefficient (Wildman–Crippen LogP) is 4.31. The molecule has 1 aliphatic heterocycles. The number of fused-ring (bicyclic) bond motifs is 1. The van der Waals surface area contributed by atoms with Gasteiger partial charge < -0.3 is 9.64 Å². The van der Waals surface area contributed by atoms with Crippen molar-refractivity contribution in [1.29, 1.82) is 0 Å². The number of halogens is 2. The fourth-order valence-electron chi connectivity index (χ4n) is 3.02. The highest BCUT2D eigenvalue weighted by molar-refractivity contribution is 6.33. The van der Waals surface area contributed by atoms with Crippen molar-refractivity contribution >= 4 is 35.1 Å². The van der Waals surface area contributed by atoms with Gasteiger partial charge in [0.25, 0.3) is 5.91 Å². The van der Waals surface area contributed by atoms with E-state index < -0.39 is 11.6 Å². The Labute approximate surface area is 167 Å². The molecule has 0 spiro atoms. The number of hydrogen-bond acceptors (Lipinski definition) is 5. The van der Waals surface area contributed by atoms with Gasteiger partial charge in [0.2, 0.25) is 5.28 Å². The van der Waals surface area contributed by atoms with Crippen molar-refractivity contribution in [3.63, 3.8) is 0 Å². The highest BCUT2D eigenvalue weighted by Gasteiger charge is 2.36. The molecule has 0 bridgehead atoms. The first-order valence-corrected chi connectivity index (χ1v) is 9.17. The quantitative estimate of drug-likeness (QED) is 0.559. The van der Waals surface area contributed by atoms with Crippen LogP contribution in [0.5, 0.6) is 0 Å². The van der Waals surface area contributed by atoms with Crippen LogP contribution in [0.2, 0.25) is 10.3 Å². The molecular weight excluding hydrogens is 389 g/mol. The van der Waals surface area contributed by atoms with E-state index in [1.165, 1.54) is 11.1 Å². The van der Waals surface area contributed by atoms with Crippen LogP contribution in [-0.4, -0.2) is 38.9 Å². The summed E-state index contributed by atoms with van der Waals surface area (Å²) in [5, 5.41) is 0.407. The molecule has 1 atom stereocenters. The number of esters is 1. The molecule has 0 fully saturated rings. The van der Waals surface area contributed by atoms with Crippen molar-refractivity contribution in [2.24, 2.45) is 0 Å². The number of benzene rings is 1. The van der Waals surface area contributed by atoms with E-state index in [1.54, 1.807) is 26.8 Å². The van der Waals surface area contributed by atoms with Gasteiger partial charge in [0.05, 0.1) is 23.0 Å². The lowest BCUT2D eigenvalue weighted by Gasteiger charge is -2.24. The van der Waals surface area contributed by atoms with Gasteiger partial charge in [0.15, 0.2) is 0 Å². The average molecular weight is 408 g/mol. The van der Waals surface area contributed by atoms with Crippen LogP contribution in [0.15, 0.2) is 24.4 Å². The van der Waals surface area contributed by atoms with Gasteiger partial charge >= 0.3 is 5.97 Å². The van der Waals surface area contributed by atoms with E-state index in [0.717, 1.165) is 5.56 Å². The molecule has 142 valence electrons. The highest BCUT2D eigenvalue weighted by Crippen LogP contribution is 2.36. The second-order valence-electron chi connectivity index (χ2n) is 7.33. The average Bonchev–Trinajstić information content (AvgIpc) is 2.80. The van der Waals surface area contributed by atoms with Crippen LogP contribution in [0.4, 0.5) is 0 Å². The number of nitrogens with zero attached hydrogens (tertiary/aromatic N) is 3. The molecule has 2 aromatic rings. The summed E-state index contributed by atoms with van der Waals surface area (Å²) >= 11 is 12.0. The summed E-state index contributed by atoms with van der Waals surface area (Å²) in [4.78, 5) is 34.5. The van der Waals surface area contributed by atoms with Crippen LogP contribution in [0.1, 0.15) is 49.7 Å². The van der Waals surface area contributed by atoms with Gasteiger partial charge in [-0.1, -0.05) is 23.7 Å². The molecule has 27 heavy (non-hydrogen) atoms. The number of carbonyl (C=O) groups excluding carboxylic acids is 2. The summed E-state index contributed by atoms with van der Waals surface area (Å²) in [6, 6.07) is 5.14. The zero-order chi connectivity index (χ0) is 19.9. The number of amides is 1. The summed E-state index contributed by atoms with van der Waals surface area (Å²) in [6.07, 6.45) is 1.42. The van der Waals surface area contributed by atoms with Crippen LogP contribution in [0.25, 0.3) is 11.3 Å². The Morgan fingerprint density at radius 2 is 2.00 bits per heavy atom. The van der Waals surface area contributed by atoms with Gasteiger partial charge in [-0.25, -0.2) is 9.97 Å². The van der Waals surface area contributed by atoms with E-state index >= 15 is 0 Å². The Bertz CT molecular complexity index is 925. The topological polar surface area (TPSA) is 72.4 Å². The zero-order valence-electron chi connectivity index (χ0n) is 15.4. The first kappa shape index (κ1) is 19.6. The standard InChI is InChI=1S/C19H19Cl2N3O3/c1-10-12-6-5-11(16-14(20)8-22-18(21)23-16)7-13(12)17(26)24(10)9-15(25)27-19(2,3)4/h5-8,10H,9H2,1-4H3. The Morgan fingerprint density at radius 3 is 2.67 bits per heavy atom. The van der Waals surface area contributed by atoms with E-state index in [4.69, 9.17) is 27.9 Å². The Kier molecular flexibility index (Phi) is 5.14. The lowest BCUT2D eigenvalue weighted by molar-refractivity contribution is -0.155. The summed E-state index contributed by atoms with van der Waals surface area (Å²) < 4.78 is 5.34. The molecule has 6 nitrogen and oxygen atoms in total. The molecule has 0 saturated carbocycles. The first-order chi connectivity index (χ1) is 12.6. The fourth-order valence-corrected chi connectivity index (χ4v) is 3.35. The maximum Gasteiger partial charge on any atom is 0.326 e. The lowest BCUT2D eigenvalue weighted by atomic mass is 10.0. The minimum atomic E-state index is -0.605. The minimum Gasteiger partial charge on any atom is -0.459 e. The van der Waals surface area contributed by atoms with Gasteiger partial charge in [-0.2, -0.15) is 0 Å². The summed E-state index contributed by atoms with van der Waals surface area (Å²) in [6.45, 7) is 7.14. The number of ether oxygens (including phenoxy) is 1. The number of aromatic nitrogens is 2. The normalized spacial score (nSPS) is 16.4. The van der Waals surface area contributed by atoms with Crippen LogP contribution >= 0.6 is 23.2 Å². The van der Waals surface area contributed by atoms with Crippen molar-refractivity contribution in [2.45, 2.75) is 39.3 Å². The number of carbonyl (C=O) groups is 2. The fraction of sp³-hybridized carbons (Fsp3) is 0.368. The predicted molar refractivity (Wildman–Crippen MR) is 103 cm³/mol. The van der Waals surface area contributed by atoms with E-state index in [1.807, 2.05) is 19.1 Å². The Hall–Kier alpha value is -2.18. The molecule has 0 aliphatic carbocycles. The largest absolute Gasteiger partial charge is 0.459 e. The van der Waals surface area contributed by atoms with E-state index in [-0.39, 0.29) is 23.8 Å².